The zero-order valence-corrected chi connectivity index (χ0v) is 17.1. The lowest BCUT2D eigenvalue weighted by Gasteiger charge is -2.39. The number of hydrogen-bond acceptors (Lipinski definition) is 3. The van der Waals surface area contributed by atoms with Gasteiger partial charge in [0.1, 0.15) is 5.82 Å². The Hall–Kier alpha value is -2.60. The van der Waals surface area contributed by atoms with Crippen molar-refractivity contribution < 1.29 is 9.18 Å². The number of hydrogen-bond donors (Lipinski definition) is 1. The van der Waals surface area contributed by atoms with E-state index < -0.39 is 0 Å². The fraction of sp³-hybridized carbons (Fsp3) is 0.435. The number of nitrogens with one attached hydrogen (secondary N) is 1. The van der Waals surface area contributed by atoms with Crippen LogP contribution in [0.15, 0.2) is 48.5 Å². The van der Waals surface area contributed by atoms with E-state index in [1.54, 1.807) is 0 Å². The van der Waals surface area contributed by atoms with Crippen LogP contribution in [0.25, 0.3) is 0 Å². The van der Waals surface area contributed by atoms with Crippen molar-refractivity contribution in [2.75, 3.05) is 36.0 Å². The Morgan fingerprint density at radius 2 is 1.79 bits per heavy atom. The molecule has 0 radical (unpaired) electrons. The molecule has 2 heterocycles. The van der Waals surface area contributed by atoms with Gasteiger partial charge in [0.2, 0.25) is 0 Å². The third kappa shape index (κ3) is 4.37. The lowest BCUT2D eigenvalue weighted by molar-refractivity contribution is 0.214. The summed E-state index contributed by atoms with van der Waals surface area (Å²) in [6.07, 6.45) is 0.996. The second kappa shape index (κ2) is 8.41. The van der Waals surface area contributed by atoms with Crippen molar-refractivity contribution in [3.63, 3.8) is 0 Å². The second-order valence-electron chi connectivity index (χ2n) is 8.22. The first-order chi connectivity index (χ1) is 14.0. The molecule has 1 fully saturated rings. The topological polar surface area (TPSA) is 38.8 Å². The van der Waals surface area contributed by atoms with Gasteiger partial charge in [0.15, 0.2) is 0 Å². The number of likely N-dealkylation sites (tertiary alicyclic amines) is 1. The van der Waals surface area contributed by atoms with Crippen LogP contribution in [0.1, 0.15) is 25.8 Å². The van der Waals surface area contributed by atoms with E-state index in [1.807, 2.05) is 40.1 Å². The minimum Gasteiger partial charge on any atom is -0.364 e. The summed E-state index contributed by atoms with van der Waals surface area (Å²) in [7, 11) is 0. The first-order valence-electron chi connectivity index (χ1n) is 10.4. The quantitative estimate of drug-likeness (QED) is 0.853. The molecule has 154 valence electrons. The molecule has 4 rings (SSSR count). The molecule has 0 aliphatic carbocycles. The van der Waals surface area contributed by atoms with Gasteiger partial charge in [-0.05, 0) is 36.2 Å². The van der Waals surface area contributed by atoms with Crippen LogP contribution in [0.3, 0.4) is 0 Å². The number of halogens is 1. The number of amides is 2. The van der Waals surface area contributed by atoms with Gasteiger partial charge in [-0.1, -0.05) is 38.1 Å². The third-order valence-corrected chi connectivity index (χ3v) is 5.65. The van der Waals surface area contributed by atoms with Crippen LogP contribution in [0.4, 0.5) is 20.6 Å². The molecule has 0 spiro atoms. The molecule has 0 saturated carbocycles. The van der Waals surface area contributed by atoms with E-state index in [-0.39, 0.29) is 11.8 Å². The van der Waals surface area contributed by atoms with Crippen molar-refractivity contribution in [3.05, 3.63) is 59.9 Å². The molecule has 2 aromatic carbocycles. The maximum Gasteiger partial charge on any atom is 0.324 e. The largest absolute Gasteiger partial charge is 0.364 e. The lowest BCUT2D eigenvalue weighted by atomic mass is 10.1. The summed E-state index contributed by atoms with van der Waals surface area (Å²) in [5.41, 5.74) is 3.06. The minimum absolute atomic E-state index is 0.0898. The number of nitrogens with zero attached hydrogens (tertiary/aromatic N) is 3. The zero-order valence-electron chi connectivity index (χ0n) is 17.1. The van der Waals surface area contributed by atoms with E-state index in [4.69, 9.17) is 0 Å². The van der Waals surface area contributed by atoms with E-state index in [0.29, 0.717) is 25.2 Å². The number of para-hydroxylation sites is 2. The van der Waals surface area contributed by atoms with Gasteiger partial charge in [-0.25, -0.2) is 9.18 Å². The Bertz CT molecular complexity index is 854. The fourth-order valence-electron chi connectivity index (χ4n) is 4.31. The molecule has 1 saturated heterocycles. The standard InChI is InChI=1S/C23H29FN4O/c1-17(2)25-20-11-12-27(16-20)23(29)28-14-13-26(21-5-3-4-6-22(21)28)15-18-7-9-19(24)10-8-18/h3-10,17,20,25H,11-16H2,1-2H3. The van der Waals surface area contributed by atoms with Crippen molar-refractivity contribution >= 4 is 17.4 Å². The van der Waals surface area contributed by atoms with Gasteiger partial charge >= 0.3 is 6.03 Å². The molecule has 29 heavy (non-hydrogen) atoms. The van der Waals surface area contributed by atoms with E-state index in [1.165, 1.54) is 12.1 Å². The van der Waals surface area contributed by atoms with Crippen LogP contribution in [0.5, 0.6) is 0 Å². The van der Waals surface area contributed by atoms with E-state index in [2.05, 4.69) is 30.1 Å². The average molecular weight is 397 g/mol. The van der Waals surface area contributed by atoms with Crippen LogP contribution in [0, 0.1) is 5.82 Å². The van der Waals surface area contributed by atoms with Gasteiger partial charge in [0, 0.05) is 44.8 Å². The van der Waals surface area contributed by atoms with E-state index in [9.17, 15) is 9.18 Å². The Balaban J connectivity index is 1.49. The number of rotatable bonds is 4. The number of fused-ring (bicyclic) bond motifs is 1. The Labute approximate surface area is 172 Å². The molecule has 2 aromatic rings. The molecule has 0 aromatic heterocycles. The summed E-state index contributed by atoms with van der Waals surface area (Å²) in [5, 5.41) is 3.54. The average Bonchev–Trinajstić information content (AvgIpc) is 3.17. The Morgan fingerprint density at radius 1 is 1.07 bits per heavy atom. The van der Waals surface area contributed by atoms with Crippen LogP contribution < -0.4 is 15.1 Å². The number of benzene rings is 2. The van der Waals surface area contributed by atoms with Crippen molar-refractivity contribution in [1.82, 2.24) is 10.2 Å². The molecule has 1 N–H and O–H groups in total. The summed E-state index contributed by atoms with van der Waals surface area (Å²) in [6, 6.07) is 15.6. The maximum absolute atomic E-state index is 13.3. The number of urea groups is 1. The zero-order chi connectivity index (χ0) is 20.4. The number of carbonyl (C=O) groups is 1. The van der Waals surface area contributed by atoms with E-state index >= 15 is 0 Å². The summed E-state index contributed by atoms with van der Waals surface area (Å²) in [5.74, 6) is -0.222. The van der Waals surface area contributed by atoms with Crippen molar-refractivity contribution in [3.8, 4) is 0 Å². The molecular formula is C23H29FN4O. The fourth-order valence-corrected chi connectivity index (χ4v) is 4.31. The van der Waals surface area contributed by atoms with Crippen LogP contribution in [0.2, 0.25) is 0 Å². The molecule has 1 atom stereocenters. The molecule has 2 amide bonds. The monoisotopic (exact) mass is 396 g/mol. The van der Waals surface area contributed by atoms with Crippen molar-refractivity contribution in [2.24, 2.45) is 0 Å². The summed E-state index contributed by atoms with van der Waals surface area (Å²) >= 11 is 0. The molecular weight excluding hydrogens is 367 g/mol. The molecule has 5 nitrogen and oxygen atoms in total. The van der Waals surface area contributed by atoms with Crippen LogP contribution >= 0.6 is 0 Å². The second-order valence-corrected chi connectivity index (χ2v) is 8.22. The molecule has 6 heteroatoms. The maximum atomic E-state index is 13.3. The third-order valence-electron chi connectivity index (χ3n) is 5.65. The summed E-state index contributed by atoms with van der Waals surface area (Å²) in [6.45, 7) is 7.93. The highest BCUT2D eigenvalue weighted by atomic mass is 19.1. The van der Waals surface area contributed by atoms with Gasteiger partial charge in [-0.3, -0.25) is 4.90 Å². The van der Waals surface area contributed by atoms with Crippen molar-refractivity contribution in [2.45, 2.75) is 38.9 Å². The molecule has 0 bridgehead atoms. The number of anilines is 2. The predicted octanol–water partition coefficient (Wildman–Crippen LogP) is 3.84. The predicted molar refractivity (Wildman–Crippen MR) is 115 cm³/mol. The molecule has 2 aliphatic heterocycles. The first kappa shape index (κ1) is 19.7. The Kier molecular flexibility index (Phi) is 5.72. The normalized spacial score (nSPS) is 19.0. The molecule has 2 aliphatic rings. The van der Waals surface area contributed by atoms with Gasteiger partial charge in [-0.15, -0.1) is 0 Å². The van der Waals surface area contributed by atoms with Crippen LogP contribution in [-0.4, -0.2) is 49.2 Å². The highest BCUT2D eigenvalue weighted by Gasteiger charge is 2.33. The van der Waals surface area contributed by atoms with E-state index in [0.717, 1.165) is 43.0 Å². The highest BCUT2D eigenvalue weighted by molar-refractivity contribution is 5.97. The Morgan fingerprint density at radius 3 is 2.52 bits per heavy atom. The number of carbonyl (C=O) groups excluding carboxylic acids is 1. The highest BCUT2D eigenvalue weighted by Crippen LogP contribution is 2.34. The van der Waals surface area contributed by atoms with Gasteiger partial charge in [0.05, 0.1) is 11.4 Å². The molecule has 1 unspecified atom stereocenters. The SMILES string of the molecule is CC(C)NC1CCN(C(=O)N2CCN(Cc3ccc(F)cc3)c3ccccc32)C1. The van der Waals surface area contributed by atoms with Crippen LogP contribution in [-0.2, 0) is 6.54 Å². The van der Waals surface area contributed by atoms with Gasteiger partial charge in [0.25, 0.3) is 0 Å². The lowest BCUT2D eigenvalue weighted by Crippen LogP contribution is -2.49. The van der Waals surface area contributed by atoms with Gasteiger partial charge < -0.3 is 15.1 Å². The minimum atomic E-state index is -0.222. The van der Waals surface area contributed by atoms with Gasteiger partial charge in [-0.2, -0.15) is 0 Å². The summed E-state index contributed by atoms with van der Waals surface area (Å²) < 4.78 is 13.2. The van der Waals surface area contributed by atoms with Crippen molar-refractivity contribution in [1.29, 1.82) is 0 Å². The summed E-state index contributed by atoms with van der Waals surface area (Å²) in [4.78, 5) is 19.4. The smallest absolute Gasteiger partial charge is 0.324 e. The first-order valence-corrected chi connectivity index (χ1v) is 10.4.